The van der Waals surface area contributed by atoms with Gasteiger partial charge in [-0.05, 0) is 36.1 Å². The van der Waals surface area contributed by atoms with E-state index in [1.807, 2.05) is 6.07 Å². The number of ether oxygens (including phenoxy) is 1. The number of hydrogen-bond acceptors (Lipinski definition) is 2. The summed E-state index contributed by atoms with van der Waals surface area (Å²) in [4.78, 5) is 0. The third kappa shape index (κ3) is 3.78. The van der Waals surface area contributed by atoms with Crippen LogP contribution in [0.5, 0.6) is 5.75 Å². The van der Waals surface area contributed by atoms with Crippen molar-refractivity contribution in [3.63, 3.8) is 0 Å². The van der Waals surface area contributed by atoms with Crippen molar-refractivity contribution in [2.75, 3.05) is 7.11 Å². The fraction of sp³-hybridized carbons (Fsp3) is 0.333. The number of benzene rings is 2. The molecule has 3 heteroatoms. The SMILES string of the molecule is COc1ccc(CNC2CC2c2ccccc2)cc1C.Cl. The predicted octanol–water partition coefficient (Wildman–Crippen LogP) is 4.07. The molecule has 0 aromatic heterocycles. The molecule has 1 aliphatic rings. The van der Waals surface area contributed by atoms with Gasteiger partial charge in [-0.25, -0.2) is 0 Å². The Balaban J connectivity index is 0.00000161. The van der Waals surface area contributed by atoms with Crippen LogP contribution < -0.4 is 10.1 Å². The first-order chi connectivity index (χ1) is 9.78. The zero-order valence-corrected chi connectivity index (χ0v) is 13.3. The number of hydrogen-bond donors (Lipinski definition) is 1. The highest BCUT2D eigenvalue weighted by Crippen LogP contribution is 2.40. The second-order valence-electron chi connectivity index (χ2n) is 5.54. The van der Waals surface area contributed by atoms with Gasteiger partial charge < -0.3 is 10.1 Å². The summed E-state index contributed by atoms with van der Waals surface area (Å²) in [6.45, 7) is 3.02. The molecule has 0 amide bonds. The number of rotatable bonds is 5. The lowest BCUT2D eigenvalue weighted by molar-refractivity contribution is 0.411. The number of nitrogens with one attached hydrogen (secondary N) is 1. The zero-order valence-electron chi connectivity index (χ0n) is 12.5. The van der Waals surface area contributed by atoms with Crippen LogP contribution in [0.25, 0.3) is 0 Å². The second kappa shape index (κ2) is 6.97. The van der Waals surface area contributed by atoms with Crippen LogP contribution in [-0.4, -0.2) is 13.2 Å². The van der Waals surface area contributed by atoms with E-state index in [0.717, 1.165) is 12.3 Å². The lowest BCUT2D eigenvalue weighted by Crippen LogP contribution is -2.17. The minimum absolute atomic E-state index is 0. The first-order valence-electron chi connectivity index (χ1n) is 7.20. The van der Waals surface area contributed by atoms with Gasteiger partial charge in [-0.3, -0.25) is 0 Å². The van der Waals surface area contributed by atoms with E-state index in [2.05, 4.69) is 54.7 Å². The molecule has 2 nitrogen and oxygen atoms in total. The number of aryl methyl sites for hydroxylation is 1. The smallest absolute Gasteiger partial charge is 0.121 e. The first-order valence-corrected chi connectivity index (χ1v) is 7.20. The molecule has 2 unspecified atom stereocenters. The topological polar surface area (TPSA) is 21.3 Å². The van der Waals surface area contributed by atoms with Crippen molar-refractivity contribution in [2.24, 2.45) is 0 Å². The van der Waals surface area contributed by atoms with Gasteiger partial charge >= 0.3 is 0 Å². The van der Waals surface area contributed by atoms with Crippen molar-refractivity contribution in [3.05, 3.63) is 65.2 Å². The molecule has 112 valence electrons. The Bertz CT molecular complexity index is 585. The average molecular weight is 304 g/mol. The maximum absolute atomic E-state index is 5.29. The van der Waals surface area contributed by atoms with E-state index in [4.69, 9.17) is 4.74 Å². The predicted molar refractivity (Wildman–Crippen MR) is 89.4 cm³/mol. The quantitative estimate of drug-likeness (QED) is 0.899. The fourth-order valence-electron chi connectivity index (χ4n) is 2.79. The fourth-order valence-corrected chi connectivity index (χ4v) is 2.79. The van der Waals surface area contributed by atoms with E-state index in [1.54, 1.807) is 7.11 Å². The Labute approximate surface area is 132 Å². The van der Waals surface area contributed by atoms with E-state index in [-0.39, 0.29) is 12.4 Å². The minimum atomic E-state index is 0. The van der Waals surface area contributed by atoms with Crippen LogP contribution >= 0.6 is 12.4 Å². The average Bonchev–Trinajstić information content (AvgIpc) is 3.26. The van der Waals surface area contributed by atoms with E-state index in [0.29, 0.717) is 12.0 Å². The summed E-state index contributed by atoms with van der Waals surface area (Å²) in [5, 5.41) is 3.65. The third-order valence-corrected chi connectivity index (χ3v) is 4.05. The first kappa shape index (κ1) is 15.9. The lowest BCUT2D eigenvalue weighted by Gasteiger charge is -2.08. The van der Waals surface area contributed by atoms with Gasteiger partial charge in [-0.1, -0.05) is 42.5 Å². The van der Waals surface area contributed by atoms with E-state index < -0.39 is 0 Å². The zero-order chi connectivity index (χ0) is 13.9. The maximum atomic E-state index is 5.29. The van der Waals surface area contributed by atoms with Gasteiger partial charge in [0.2, 0.25) is 0 Å². The van der Waals surface area contributed by atoms with Gasteiger partial charge in [0.05, 0.1) is 7.11 Å². The monoisotopic (exact) mass is 303 g/mol. The summed E-state index contributed by atoms with van der Waals surface area (Å²) in [5.41, 5.74) is 3.97. The van der Waals surface area contributed by atoms with E-state index in [9.17, 15) is 0 Å². The van der Waals surface area contributed by atoms with Crippen LogP contribution in [0.2, 0.25) is 0 Å². The molecule has 2 aromatic carbocycles. The molecular weight excluding hydrogens is 282 g/mol. The lowest BCUT2D eigenvalue weighted by atomic mass is 10.1. The van der Waals surface area contributed by atoms with Gasteiger partial charge in [0.1, 0.15) is 5.75 Å². The highest BCUT2D eigenvalue weighted by Gasteiger charge is 2.37. The molecule has 1 saturated carbocycles. The molecule has 0 saturated heterocycles. The van der Waals surface area contributed by atoms with Crippen molar-refractivity contribution >= 4 is 12.4 Å². The molecule has 0 heterocycles. The van der Waals surface area contributed by atoms with Crippen LogP contribution in [0, 0.1) is 6.92 Å². The summed E-state index contributed by atoms with van der Waals surface area (Å²) < 4.78 is 5.29. The number of halogens is 1. The largest absolute Gasteiger partial charge is 0.496 e. The normalized spacial score (nSPS) is 19.7. The van der Waals surface area contributed by atoms with Crippen molar-refractivity contribution < 1.29 is 4.74 Å². The standard InChI is InChI=1S/C18H21NO.ClH/c1-13-10-14(8-9-18(13)20-2)12-19-17-11-16(17)15-6-4-3-5-7-15;/h3-10,16-17,19H,11-12H2,1-2H3;1H. The Morgan fingerprint density at radius 1 is 1.14 bits per heavy atom. The van der Waals surface area contributed by atoms with Crippen LogP contribution in [-0.2, 0) is 6.54 Å². The Hall–Kier alpha value is -1.51. The summed E-state index contributed by atoms with van der Waals surface area (Å²) >= 11 is 0. The van der Waals surface area contributed by atoms with E-state index in [1.165, 1.54) is 23.1 Å². The Morgan fingerprint density at radius 3 is 2.57 bits per heavy atom. The Kier molecular flexibility index (Phi) is 5.27. The molecule has 2 aromatic rings. The summed E-state index contributed by atoms with van der Waals surface area (Å²) in [6.07, 6.45) is 1.25. The molecule has 0 spiro atoms. The van der Waals surface area contributed by atoms with Crippen molar-refractivity contribution in [2.45, 2.75) is 31.8 Å². The van der Waals surface area contributed by atoms with Crippen molar-refractivity contribution in [1.82, 2.24) is 5.32 Å². The van der Waals surface area contributed by atoms with Crippen LogP contribution in [0.3, 0.4) is 0 Å². The molecule has 1 N–H and O–H groups in total. The Morgan fingerprint density at radius 2 is 1.90 bits per heavy atom. The van der Waals surface area contributed by atoms with Crippen LogP contribution in [0.1, 0.15) is 29.0 Å². The molecule has 0 aliphatic heterocycles. The molecule has 1 aliphatic carbocycles. The van der Waals surface area contributed by atoms with Crippen molar-refractivity contribution in [3.8, 4) is 5.75 Å². The van der Waals surface area contributed by atoms with Crippen molar-refractivity contribution in [1.29, 1.82) is 0 Å². The van der Waals surface area contributed by atoms with Gasteiger partial charge in [-0.2, -0.15) is 0 Å². The highest BCUT2D eigenvalue weighted by atomic mass is 35.5. The van der Waals surface area contributed by atoms with Gasteiger partial charge in [0.25, 0.3) is 0 Å². The minimum Gasteiger partial charge on any atom is -0.496 e. The summed E-state index contributed by atoms with van der Waals surface area (Å²) in [6, 6.07) is 17.8. The summed E-state index contributed by atoms with van der Waals surface area (Å²) in [5.74, 6) is 1.65. The van der Waals surface area contributed by atoms with Gasteiger partial charge in [-0.15, -0.1) is 12.4 Å². The molecular formula is C18H22ClNO. The molecule has 3 rings (SSSR count). The third-order valence-electron chi connectivity index (χ3n) is 4.05. The molecule has 2 atom stereocenters. The number of methoxy groups -OCH3 is 1. The van der Waals surface area contributed by atoms with E-state index >= 15 is 0 Å². The van der Waals surface area contributed by atoms with Crippen LogP contribution in [0.15, 0.2) is 48.5 Å². The molecule has 0 bridgehead atoms. The molecule has 0 radical (unpaired) electrons. The summed E-state index contributed by atoms with van der Waals surface area (Å²) in [7, 11) is 1.72. The highest BCUT2D eigenvalue weighted by molar-refractivity contribution is 5.85. The second-order valence-corrected chi connectivity index (χ2v) is 5.54. The van der Waals surface area contributed by atoms with Gasteiger partial charge in [0.15, 0.2) is 0 Å². The maximum Gasteiger partial charge on any atom is 0.121 e. The van der Waals surface area contributed by atoms with Crippen LogP contribution in [0.4, 0.5) is 0 Å². The van der Waals surface area contributed by atoms with Gasteiger partial charge in [0, 0.05) is 18.5 Å². The molecule has 1 fully saturated rings. The molecule has 21 heavy (non-hydrogen) atoms.